The molecule has 0 saturated carbocycles. The van der Waals surface area contributed by atoms with Gasteiger partial charge in [-0.05, 0) is 54.8 Å². The molecule has 3 heteroatoms. The molecule has 25 heavy (non-hydrogen) atoms. The molecule has 0 spiro atoms. The Morgan fingerprint density at radius 2 is 1.64 bits per heavy atom. The minimum absolute atomic E-state index is 0.702. The second-order valence-corrected chi connectivity index (χ2v) is 6.88. The van der Waals surface area contributed by atoms with Gasteiger partial charge in [-0.1, -0.05) is 37.3 Å². The SMILES string of the molecule is CCOc1cccc(-c2ccc(CN3CCN(C)CC3)c(CC)c2)c1. The summed E-state index contributed by atoms with van der Waals surface area (Å²) in [7, 11) is 2.21. The molecule has 0 amide bonds. The van der Waals surface area contributed by atoms with E-state index in [1.165, 1.54) is 35.3 Å². The normalized spacial score (nSPS) is 16.1. The Labute approximate surface area is 152 Å². The van der Waals surface area contributed by atoms with Crippen molar-refractivity contribution < 1.29 is 4.74 Å². The zero-order valence-corrected chi connectivity index (χ0v) is 15.8. The number of nitrogens with zero attached hydrogens (tertiary/aromatic N) is 2. The first-order chi connectivity index (χ1) is 12.2. The summed E-state index contributed by atoms with van der Waals surface area (Å²) in [5.74, 6) is 0.944. The Hall–Kier alpha value is -1.84. The van der Waals surface area contributed by atoms with Crippen LogP contribution in [-0.2, 0) is 13.0 Å². The predicted octanol–water partition coefficient (Wildman–Crippen LogP) is 4.06. The van der Waals surface area contributed by atoms with Crippen LogP contribution in [0.3, 0.4) is 0 Å². The highest BCUT2D eigenvalue weighted by Crippen LogP contribution is 2.27. The average Bonchev–Trinajstić information content (AvgIpc) is 2.64. The summed E-state index contributed by atoms with van der Waals surface area (Å²) in [4.78, 5) is 4.98. The van der Waals surface area contributed by atoms with Crippen molar-refractivity contribution in [2.75, 3.05) is 39.8 Å². The lowest BCUT2D eigenvalue weighted by molar-refractivity contribution is 0.148. The molecule has 3 nitrogen and oxygen atoms in total. The number of likely N-dealkylation sites (N-methyl/N-ethyl adjacent to an activating group) is 1. The Morgan fingerprint density at radius 3 is 2.36 bits per heavy atom. The Balaban J connectivity index is 1.78. The maximum Gasteiger partial charge on any atom is 0.119 e. The fraction of sp³-hybridized carbons (Fsp3) is 0.455. The van der Waals surface area contributed by atoms with Gasteiger partial charge >= 0.3 is 0 Å². The number of piperazine rings is 1. The highest BCUT2D eigenvalue weighted by Gasteiger charge is 2.15. The lowest BCUT2D eigenvalue weighted by Gasteiger charge is -2.32. The van der Waals surface area contributed by atoms with Crippen LogP contribution in [0.4, 0.5) is 0 Å². The van der Waals surface area contributed by atoms with Gasteiger partial charge in [0.05, 0.1) is 6.61 Å². The number of hydrogen-bond acceptors (Lipinski definition) is 3. The fourth-order valence-electron chi connectivity index (χ4n) is 3.47. The van der Waals surface area contributed by atoms with Gasteiger partial charge in [-0.2, -0.15) is 0 Å². The molecule has 1 aliphatic heterocycles. The fourth-order valence-corrected chi connectivity index (χ4v) is 3.47. The second kappa shape index (κ2) is 8.50. The highest BCUT2D eigenvalue weighted by atomic mass is 16.5. The molecule has 1 aliphatic rings. The number of benzene rings is 2. The molecule has 0 bridgehead atoms. The van der Waals surface area contributed by atoms with Crippen molar-refractivity contribution in [3.8, 4) is 16.9 Å². The summed E-state index contributed by atoms with van der Waals surface area (Å²) in [6, 6.07) is 15.3. The average molecular weight is 338 g/mol. The van der Waals surface area contributed by atoms with Gasteiger partial charge in [0, 0.05) is 32.7 Å². The van der Waals surface area contributed by atoms with E-state index in [1.54, 1.807) is 0 Å². The van der Waals surface area contributed by atoms with Crippen LogP contribution in [0, 0.1) is 0 Å². The molecule has 0 aliphatic carbocycles. The van der Waals surface area contributed by atoms with Gasteiger partial charge < -0.3 is 9.64 Å². The molecule has 2 aromatic carbocycles. The van der Waals surface area contributed by atoms with Crippen molar-refractivity contribution in [1.82, 2.24) is 9.80 Å². The maximum atomic E-state index is 5.65. The lowest BCUT2D eigenvalue weighted by Crippen LogP contribution is -2.44. The number of hydrogen-bond donors (Lipinski definition) is 0. The minimum Gasteiger partial charge on any atom is -0.494 e. The molecular weight excluding hydrogens is 308 g/mol. The monoisotopic (exact) mass is 338 g/mol. The second-order valence-electron chi connectivity index (χ2n) is 6.88. The zero-order chi connectivity index (χ0) is 17.6. The van der Waals surface area contributed by atoms with Crippen molar-refractivity contribution in [2.24, 2.45) is 0 Å². The zero-order valence-electron chi connectivity index (χ0n) is 15.8. The van der Waals surface area contributed by atoms with Crippen molar-refractivity contribution in [3.05, 3.63) is 53.6 Å². The first-order valence-corrected chi connectivity index (χ1v) is 9.45. The van der Waals surface area contributed by atoms with Crippen LogP contribution in [0.5, 0.6) is 5.75 Å². The standard InChI is InChI=1S/C22H30N2O/c1-4-18-15-20(19-7-6-8-22(16-19)25-5-2)9-10-21(18)17-24-13-11-23(3)12-14-24/h6-10,15-16H,4-5,11-14,17H2,1-3H3. The predicted molar refractivity (Wildman–Crippen MR) is 105 cm³/mol. The molecule has 1 saturated heterocycles. The van der Waals surface area contributed by atoms with Gasteiger partial charge in [0.15, 0.2) is 0 Å². The lowest BCUT2D eigenvalue weighted by atomic mass is 9.97. The molecule has 134 valence electrons. The van der Waals surface area contributed by atoms with E-state index in [9.17, 15) is 0 Å². The van der Waals surface area contributed by atoms with Crippen molar-refractivity contribution in [3.63, 3.8) is 0 Å². The van der Waals surface area contributed by atoms with Gasteiger partial charge in [0.1, 0.15) is 5.75 Å². The topological polar surface area (TPSA) is 15.7 Å². The number of rotatable bonds is 6. The summed E-state index contributed by atoms with van der Waals surface area (Å²) in [6.45, 7) is 10.7. The third kappa shape index (κ3) is 4.62. The molecule has 2 aromatic rings. The van der Waals surface area contributed by atoms with Crippen molar-refractivity contribution >= 4 is 0 Å². The smallest absolute Gasteiger partial charge is 0.119 e. The molecule has 0 N–H and O–H groups in total. The summed E-state index contributed by atoms with van der Waals surface area (Å²) < 4.78 is 5.65. The molecule has 0 unspecified atom stereocenters. The number of aryl methyl sites for hydroxylation is 1. The van der Waals surface area contributed by atoms with Crippen LogP contribution in [-0.4, -0.2) is 49.6 Å². The summed E-state index contributed by atoms with van der Waals surface area (Å²) >= 11 is 0. The number of ether oxygens (including phenoxy) is 1. The van der Waals surface area contributed by atoms with E-state index in [1.807, 2.05) is 13.0 Å². The van der Waals surface area contributed by atoms with Crippen LogP contribution < -0.4 is 4.74 Å². The summed E-state index contributed by atoms with van der Waals surface area (Å²) in [5.41, 5.74) is 5.43. The first-order valence-electron chi connectivity index (χ1n) is 9.45. The van der Waals surface area contributed by atoms with Crippen molar-refractivity contribution in [1.29, 1.82) is 0 Å². The first kappa shape index (κ1) is 18.0. The van der Waals surface area contributed by atoms with E-state index in [4.69, 9.17) is 4.74 Å². The molecule has 1 heterocycles. The Morgan fingerprint density at radius 1 is 0.880 bits per heavy atom. The van der Waals surface area contributed by atoms with E-state index < -0.39 is 0 Å². The summed E-state index contributed by atoms with van der Waals surface area (Å²) in [6.07, 6.45) is 1.07. The van der Waals surface area contributed by atoms with Crippen LogP contribution in [0.15, 0.2) is 42.5 Å². The van der Waals surface area contributed by atoms with E-state index in [-0.39, 0.29) is 0 Å². The van der Waals surface area contributed by atoms with E-state index >= 15 is 0 Å². The van der Waals surface area contributed by atoms with E-state index in [0.29, 0.717) is 6.61 Å². The quantitative estimate of drug-likeness (QED) is 0.790. The molecular formula is C22H30N2O. The van der Waals surface area contributed by atoms with Crippen LogP contribution in [0.25, 0.3) is 11.1 Å². The Kier molecular flexibility index (Phi) is 6.11. The highest BCUT2D eigenvalue weighted by molar-refractivity contribution is 5.66. The van der Waals surface area contributed by atoms with E-state index in [2.05, 4.69) is 60.2 Å². The molecule has 3 rings (SSSR count). The Bertz CT molecular complexity index is 690. The van der Waals surface area contributed by atoms with Gasteiger partial charge in [0.25, 0.3) is 0 Å². The van der Waals surface area contributed by atoms with Crippen LogP contribution >= 0.6 is 0 Å². The van der Waals surface area contributed by atoms with Gasteiger partial charge in [-0.15, -0.1) is 0 Å². The third-order valence-electron chi connectivity index (χ3n) is 5.06. The van der Waals surface area contributed by atoms with Gasteiger partial charge in [0.2, 0.25) is 0 Å². The largest absolute Gasteiger partial charge is 0.494 e. The van der Waals surface area contributed by atoms with Gasteiger partial charge in [-0.25, -0.2) is 0 Å². The van der Waals surface area contributed by atoms with Crippen LogP contribution in [0.1, 0.15) is 25.0 Å². The molecule has 0 radical (unpaired) electrons. The summed E-state index contributed by atoms with van der Waals surface area (Å²) in [5, 5.41) is 0. The van der Waals surface area contributed by atoms with E-state index in [0.717, 1.165) is 31.8 Å². The molecule has 0 aromatic heterocycles. The molecule has 1 fully saturated rings. The maximum absolute atomic E-state index is 5.65. The minimum atomic E-state index is 0.702. The van der Waals surface area contributed by atoms with Crippen LogP contribution in [0.2, 0.25) is 0 Å². The van der Waals surface area contributed by atoms with Gasteiger partial charge in [-0.3, -0.25) is 4.90 Å². The molecule has 0 atom stereocenters. The van der Waals surface area contributed by atoms with Crippen molar-refractivity contribution in [2.45, 2.75) is 26.8 Å². The third-order valence-corrected chi connectivity index (χ3v) is 5.06.